The highest BCUT2D eigenvalue weighted by Crippen LogP contribution is 2.48. The molecule has 2 heterocycles. The molecule has 2 atom stereocenters. The van der Waals surface area contributed by atoms with E-state index in [4.69, 9.17) is 26.2 Å². The molecule has 29 heavy (non-hydrogen) atoms. The Hall–Kier alpha value is -2.98. The maximum Gasteiger partial charge on any atom is 0.213 e. The Morgan fingerprint density at radius 2 is 1.90 bits per heavy atom. The van der Waals surface area contributed by atoms with Crippen molar-refractivity contribution in [3.8, 4) is 11.5 Å². The molecule has 0 fully saturated rings. The lowest BCUT2D eigenvalue weighted by molar-refractivity contribution is -0.0190. The monoisotopic (exact) mass is 404 g/mol. The van der Waals surface area contributed by atoms with Gasteiger partial charge in [0, 0.05) is 28.1 Å². The molecule has 3 aromatic carbocycles. The number of methoxy groups -OCH3 is 1. The van der Waals surface area contributed by atoms with Gasteiger partial charge in [0.25, 0.3) is 0 Å². The molecule has 3 aromatic rings. The van der Waals surface area contributed by atoms with Gasteiger partial charge in [0.1, 0.15) is 11.5 Å². The zero-order chi connectivity index (χ0) is 20.0. The number of ether oxygens (including phenoxy) is 2. The Balaban J connectivity index is 1.59. The minimum Gasteiger partial charge on any atom is -0.497 e. The van der Waals surface area contributed by atoms with Crippen LogP contribution in [0.5, 0.6) is 11.5 Å². The zero-order valence-electron chi connectivity index (χ0n) is 16.3. The van der Waals surface area contributed by atoms with Gasteiger partial charge in [-0.25, -0.2) is 5.01 Å². The predicted octanol–water partition coefficient (Wildman–Crippen LogP) is 5.90. The number of rotatable bonds is 3. The summed E-state index contributed by atoms with van der Waals surface area (Å²) in [4.78, 5) is 0. The SMILES string of the molecule is COc1cccc(C2=NN3[C@H](C2)c2cc(Cl)ccc2O[C@@H]3c2ccc(C)cc2)c1. The van der Waals surface area contributed by atoms with Gasteiger partial charge in [0.05, 0.1) is 18.9 Å². The van der Waals surface area contributed by atoms with Crippen LogP contribution < -0.4 is 9.47 Å². The highest BCUT2D eigenvalue weighted by Gasteiger charge is 2.41. The standard InChI is InChI=1S/C24H21ClN2O2/c1-15-6-8-16(9-7-15)24-27-22(20-13-18(25)10-11-23(20)29-24)14-21(26-27)17-4-3-5-19(12-17)28-2/h3-13,22,24H,14H2,1-2H3/t22-,24-/m1/s1. The van der Waals surface area contributed by atoms with Crippen molar-refractivity contribution in [3.05, 3.63) is 94.0 Å². The smallest absolute Gasteiger partial charge is 0.213 e. The number of halogens is 1. The fourth-order valence-electron chi connectivity index (χ4n) is 3.99. The summed E-state index contributed by atoms with van der Waals surface area (Å²) in [5.74, 6) is 1.69. The Labute approximate surface area is 175 Å². The van der Waals surface area contributed by atoms with Crippen molar-refractivity contribution in [1.29, 1.82) is 0 Å². The molecule has 0 saturated heterocycles. The Morgan fingerprint density at radius 1 is 1.07 bits per heavy atom. The van der Waals surface area contributed by atoms with Crippen LogP contribution in [0.3, 0.4) is 0 Å². The van der Waals surface area contributed by atoms with Crippen molar-refractivity contribution in [2.24, 2.45) is 5.10 Å². The van der Waals surface area contributed by atoms with Crippen molar-refractivity contribution in [1.82, 2.24) is 5.01 Å². The molecule has 0 N–H and O–H groups in total. The fourth-order valence-corrected chi connectivity index (χ4v) is 4.17. The molecular weight excluding hydrogens is 384 g/mol. The van der Waals surface area contributed by atoms with E-state index in [0.29, 0.717) is 5.02 Å². The Morgan fingerprint density at radius 3 is 2.69 bits per heavy atom. The molecule has 146 valence electrons. The van der Waals surface area contributed by atoms with E-state index in [1.165, 1.54) is 5.56 Å². The lowest BCUT2D eigenvalue weighted by atomic mass is 9.95. The Kier molecular flexibility index (Phi) is 4.44. The summed E-state index contributed by atoms with van der Waals surface area (Å²) in [6, 6.07) is 22.4. The molecule has 0 bridgehead atoms. The van der Waals surface area contributed by atoms with Crippen molar-refractivity contribution in [3.63, 3.8) is 0 Å². The van der Waals surface area contributed by atoms with Gasteiger partial charge in [-0.15, -0.1) is 0 Å². The normalized spacial score (nSPS) is 19.8. The third-order valence-electron chi connectivity index (χ3n) is 5.52. The lowest BCUT2D eigenvalue weighted by Crippen LogP contribution is -2.33. The van der Waals surface area contributed by atoms with Crippen LogP contribution in [0.1, 0.15) is 40.9 Å². The maximum atomic E-state index is 6.39. The van der Waals surface area contributed by atoms with Gasteiger partial charge in [-0.2, -0.15) is 5.10 Å². The number of hydrogen-bond acceptors (Lipinski definition) is 4. The number of hydrogen-bond donors (Lipinski definition) is 0. The van der Waals surface area contributed by atoms with Gasteiger partial charge in [-0.05, 0) is 37.3 Å². The van der Waals surface area contributed by atoms with E-state index < -0.39 is 0 Å². The van der Waals surface area contributed by atoms with Gasteiger partial charge >= 0.3 is 0 Å². The van der Waals surface area contributed by atoms with Gasteiger partial charge in [0.15, 0.2) is 0 Å². The lowest BCUT2D eigenvalue weighted by Gasteiger charge is -2.38. The molecule has 0 saturated carbocycles. The molecule has 2 aliphatic heterocycles. The summed E-state index contributed by atoms with van der Waals surface area (Å²) in [6.07, 6.45) is 0.504. The first kappa shape index (κ1) is 18.1. The van der Waals surface area contributed by atoms with Gasteiger partial charge in [-0.1, -0.05) is 53.6 Å². The van der Waals surface area contributed by atoms with E-state index in [-0.39, 0.29) is 12.3 Å². The molecule has 0 amide bonds. The summed E-state index contributed by atoms with van der Waals surface area (Å²) < 4.78 is 11.8. The summed E-state index contributed by atoms with van der Waals surface area (Å²) in [5, 5.41) is 7.76. The molecule has 0 spiro atoms. The second-order valence-electron chi connectivity index (χ2n) is 7.44. The minimum absolute atomic E-state index is 0.0740. The van der Waals surface area contributed by atoms with Crippen molar-refractivity contribution < 1.29 is 9.47 Å². The maximum absolute atomic E-state index is 6.39. The summed E-state index contributed by atoms with van der Waals surface area (Å²) in [6.45, 7) is 2.08. The zero-order valence-corrected chi connectivity index (χ0v) is 17.1. The van der Waals surface area contributed by atoms with E-state index in [9.17, 15) is 0 Å². The number of aryl methyl sites for hydroxylation is 1. The van der Waals surface area contributed by atoms with E-state index >= 15 is 0 Å². The molecular formula is C24H21ClN2O2. The fraction of sp³-hybridized carbons (Fsp3) is 0.208. The number of fused-ring (bicyclic) bond motifs is 3. The third kappa shape index (κ3) is 3.23. The Bertz CT molecular complexity index is 1090. The van der Waals surface area contributed by atoms with Crippen LogP contribution in [0.15, 0.2) is 71.8 Å². The summed E-state index contributed by atoms with van der Waals surface area (Å²) >= 11 is 6.30. The van der Waals surface area contributed by atoms with Crippen LogP contribution in [-0.2, 0) is 0 Å². The molecule has 2 aliphatic rings. The highest BCUT2D eigenvalue weighted by molar-refractivity contribution is 6.30. The number of hydrazone groups is 1. The van der Waals surface area contributed by atoms with Gasteiger partial charge in [0.2, 0.25) is 6.23 Å². The van der Waals surface area contributed by atoms with Gasteiger partial charge in [-0.3, -0.25) is 0 Å². The first-order valence-corrected chi connectivity index (χ1v) is 10.0. The predicted molar refractivity (Wildman–Crippen MR) is 115 cm³/mol. The first-order valence-electron chi connectivity index (χ1n) is 9.65. The third-order valence-corrected chi connectivity index (χ3v) is 5.75. The van der Waals surface area contributed by atoms with E-state index in [0.717, 1.165) is 40.3 Å². The largest absolute Gasteiger partial charge is 0.497 e. The second kappa shape index (κ2) is 7.12. The molecule has 0 radical (unpaired) electrons. The van der Waals surface area contributed by atoms with Crippen LogP contribution in [-0.4, -0.2) is 17.8 Å². The van der Waals surface area contributed by atoms with Crippen LogP contribution in [0.4, 0.5) is 0 Å². The topological polar surface area (TPSA) is 34.1 Å². The van der Waals surface area contributed by atoms with Crippen LogP contribution in [0, 0.1) is 6.92 Å². The number of benzene rings is 3. The van der Waals surface area contributed by atoms with Crippen LogP contribution >= 0.6 is 11.6 Å². The average molecular weight is 405 g/mol. The van der Waals surface area contributed by atoms with Crippen molar-refractivity contribution in [2.45, 2.75) is 25.6 Å². The molecule has 0 unspecified atom stereocenters. The van der Waals surface area contributed by atoms with Gasteiger partial charge < -0.3 is 9.47 Å². The molecule has 0 aliphatic carbocycles. The highest BCUT2D eigenvalue weighted by atomic mass is 35.5. The molecule has 5 rings (SSSR count). The number of nitrogens with zero attached hydrogens (tertiary/aromatic N) is 2. The molecule has 5 heteroatoms. The summed E-state index contributed by atoms with van der Waals surface area (Å²) in [7, 11) is 1.68. The van der Waals surface area contributed by atoms with E-state index in [1.54, 1.807) is 7.11 Å². The van der Waals surface area contributed by atoms with E-state index in [1.807, 2.05) is 36.4 Å². The first-order chi connectivity index (χ1) is 14.1. The van der Waals surface area contributed by atoms with Crippen LogP contribution in [0.2, 0.25) is 5.02 Å². The molecule has 4 nitrogen and oxygen atoms in total. The second-order valence-corrected chi connectivity index (χ2v) is 7.88. The molecule has 0 aromatic heterocycles. The summed E-state index contributed by atoms with van der Waals surface area (Å²) in [5.41, 5.74) is 5.45. The van der Waals surface area contributed by atoms with E-state index in [2.05, 4.69) is 42.3 Å². The van der Waals surface area contributed by atoms with Crippen molar-refractivity contribution in [2.75, 3.05) is 7.11 Å². The average Bonchev–Trinajstić information content (AvgIpc) is 3.20. The van der Waals surface area contributed by atoms with Crippen molar-refractivity contribution >= 4 is 17.3 Å². The minimum atomic E-state index is -0.280. The quantitative estimate of drug-likeness (QED) is 0.545. The van der Waals surface area contributed by atoms with Crippen LogP contribution in [0.25, 0.3) is 0 Å².